The van der Waals surface area contributed by atoms with Crippen molar-refractivity contribution in [2.45, 2.75) is 25.3 Å². The zero-order valence-corrected chi connectivity index (χ0v) is 6.62. The highest BCUT2D eigenvalue weighted by Crippen LogP contribution is 2.16. The molecule has 0 saturated heterocycles. The molecular weight excluding hydrogens is 140 g/mol. The van der Waals surface area contributed by atoms with Gasteiger partial charge in [-0.15, -0.1) is 5.10 Å². The molecule has 1 aliphatic carbocycles. The third-order valence-corrected chi connectivity index (χ3v) is 2.23. The lowest BCUT2D eigenvalue weighted by molar-refractivity contribution is 0.546. The normalized spacial score (nSPS) is 23.3. The minimum atomic E-state index is 0.305. The summed E-state index contributed by atoms with van der Waals surface area (Å²) in [4.78, 5) is 0. The maximum atomic E-state index is 5.81. The van der Waals surface area contributed by atoms with Crippen molar-refractivity contribution < 1.29 is 0 Å². The van der Waals surface area contributed by atoms with Crippen LogP contribution in [0.25, 0.3) is 0 Å². The minimum absolute atomic E-state index is 0.305. The second kappa shape index (κ2) is 2.30. The van der Waals surface area contributed by atoms with E-state index in [1.165, 1.54) is 5.69 Å². The summed E-state index contributed by atoms with van der Waals surface area (Å²) in [6.45, 7) is 0. The van der Waals surface area contributed by atoms with Gasteiger partial charge in [-0.2, -0.15) is 0 Å². The van der Waals surface area contributed by atoms with Crippen LogP contribution in [-0.4, -0.2) is 21.0 Å². The van der Waals surface area contributed by atoms with Gasteiger partial charge >= 0.3 is 0 Å². The van der Waals surface area contributed by atoms with Crippen molar-refractivity contribution in [2.75, 3.05) is 0 Å². The van der Waals surface area contributed by atoms with Crippen LogP contribution in [0, 0.1) is 0 Å². The van der Waals surface area contributed by atoms with Gasteiger partial charge < -0.3 is 5.73 Å². The van der Waals surface area contributed by atoms with Gasteiger partial charge in [0.05, 0.1) is 11.4 Å². The highest BCUT2D eigenvalue weighted by molar-refractivity contribution is 5.15. The summed E-state index contributed by atoms with van der Waals surface area (Å²) in [6, 6.07) is 0.305. The van der Waals surface area contributed by atoms with Crippen molar-refractivity contribution >= 4 is 0 Å². The van der Waals surface area contributed by atoms with Gasteiger partial charge in [-0.1, -0.05) is 5.21 Å². The van der Waals surface area contributed by atoms with Gasteiger partial charge in [-0.05, 0) is 12.8 Å². The van der Waals surface area contributed by atoms with E-state index in [-0.39, 0.29) is 0 Å². The predicted octanol–water partition coefficient (Wildman–Crippen LogP) is -0.369. The van der Waals surface area contributed by atoms with Crippen LogP contribution in [-0.2, 0) is 19.9 Å². The Labute approximate surface area is 65.4 Å². The largest absolute Gasteiger partial charge is 0.327 e. The van der Waals surface area contributed by atoms with Crippen LogP contribution in [0.15, 0.2) is 0 Å². The topological polar surface area (TPSA) is 56.7 Å². The molecule has 1 heterocycles. The molecule has 0 fully saturated rings. The monoisotopic (exact) mass is 152 g/mol. The number of fused-ring (bicyclic) bond motifs is 1. The standard InChI is InChI=1S/C7H12N4/c1-11-7-4-5(8)2-3-6(7)9-10-11/h5H,2-4,8H2,1H3/t5-/m0/s1. The Hall–Kier alpha value is -0.900. The van der Waals surface area contributed by atoms with E-state index in [0.717, 1.165) is 25.0 Å². The minimum Gasteiger partial charge on any atom is -0.327 e. The van der Waals surface area contributed by atoms with E-state index in [0.29, 0.717) is 6.04 Å². The first kappa shape index (κ1) is 6.79. The maximum Gasteiger partial charge on any atom is 0.0860 e. The molecule has 1 atom stereocenters. The zero-order valence-electron chi connectivity index (χ0n) is 6.62. The van der Waals surface area contributed by atoms with Crippen LogP contribution >= 0.6 is 0 Å². The van der Waals surface area contributed by atoms with Gasteiger partial charge in [0.25, 0.3) is 0 Å². The van der Waals surface area contributed by atoms with E-state index in [2.05, 4.69) is 10.3 Å². The molecule has 0 aromatic carbocycles. The summed E-state index contributed by atoms with van der Waals surface area (Å²) < 4.78 is 1.83. The van der Waals surface area contributed by atoms with Gasteiger partial charge in [-0.25, -0.2) is 0 Å². The molecule has 0 bridgehead atoms. The fourth-order valence-electron chi connectivity index (χ4n) is 1.54. The lowest BCUT2D eigenvalue weighted by atomic mass is 9.97. The lowest BCUT2D eigenvalue weighted by Crippen LogP contribution is -2.28. The molecule has 0 saturated carbocycles. The second-order valence-corrected chi connectivity index (χ2v) is 3.11. The first-order valence-corrected chi connectivity index (χ1v) is 3.90. The Balaban J connectivity index is 2.37. The summed E-state index contributed by atoms with van der Waals surface area (Å²) in [5, 5.41) is 7.99. The molecule has 0 radical (unpaired) electrons. The van der Waals surface area contributed by atoms with E-state index >= 15 is 0 Å². The molecular formula is C7H12N4. The van der Waals surface area contributed by atoms with Gasteiger partial charge in [0.1, 0.15) is 0 Å². The highest BCUT2D eigenvalue weighted by atomic mass is 15.4. The van der Waals surface area contributed by atoms with Crippen molar-refractivity contribution in [2.24, 2.45) is 12.8 Å². The lowest BCUT2D eigenvalue weighted by Gasteiger charge is -2.16. The number of nitrogens with two attached hydrogens (primary N) is 1. The first-order chi connectivity index (χ1) is 5.27. The van der Waals surface area contributed by atoms with Crippen LogP contribution in [0.4, 0.5) is 0 Å². The number of hydrogen-bond donors (Lipinski definition) is 1. The third-order valence-electron chi connectivity index (χ3n) is 2.23. The molecule has 1 aromatic rings. The molecule has 4 nitrogen and oxygen atoms in total. The van der Waals surface area contributed by atoms with Crippen LogP contribution in [0.1, 0.15) is 17.8 Å². The van der Waals surface area contributed by atoms with Crippen LogP contribution in [0.2, 0.25) is 0 Å². The SMILES string of the molecule is Cn1nnc2c1C[C@@H](N)CC2. The second-order valence-electron chi connectivity index (χ2n) is 3.11. The van der Waals surface area contributed by atoms with E-state index in [1.807, 2.05) is 11.7 Å². The molecule has 4 heteroatoms. The van der Waals surface area contributed by atoms with Crippen LogP contribution in [0.3, 0.4) is 0 Å². The molecule has 1 aliphatic rings. The summed E-state index contributed by atoms with van der Waals surface area (Å²) in [7, 11) is 1.92. The van der Waals surface area contributed by atoms with Gasteiger partial charge in [-0.3, -0.25) is 4.68 Å². The van der Waals surface area contributed by atoms with E-state index < -0.39 is 0 Å². The number of nitrogens with zero attached hydrogens (tertiary/aromatic N) is 3. The Morgan fingerprint density at radius 1 is 1.64 bits per heavy atom. The van der Waals surface area contributed by atoms with E-state index in [4.69, 9.17) is 5.73 Å². The fraction of sp³-hybridized carbons (Fsp3) is 0.714. The molecule has 60 valence electrons. The number of rotatable bonds is 0. The Morgan fingerprint density at radius 2 is 2.45 bits per heavy atom. The highest BCUT2D eigenvalue weighted by Gasteiger charge is 2.19. The predicted molar refractivity (Wildman–Crippen MR) is 41.0 cm³/mol. The number of hydrogen-bond acceptors (Lipinski definition) is 3. The van der Waals surface area contributed by atoms with E-state index in [1.54, 1.807) is 0 Å². The Morgan fingerprint density at radius 3 is 3.27 bits per heavy atom. The Kier molecular flexibility index (Phi) is 1.42. The summed E-state index contributed by atoms with van der Waals surface area (Å²) >= 11 is 0. The maximum absolute atomic E-state index is 5.81. The molecule has 0 spiro atoms. The van der Waals surface area contributed by atoms with Gasteiger partial charge in [0.15, 0.2) is 0 Å². The molecule has 2 rings (SSSR count). The molecule has 0 aliphatic heterocycles. The molecule has 0 amide bonds. The van der Waals surface area contributed by atoms with Crippen molar-refractivity contribution in [1.82, 2.24) is 15.0 Å². The summed E-state index contributed by atoms with van der Waals surface area (Å²) in [5.74, 6) is 0. The fourth-order valence-corrected chi connectivity index (χ4v) is 1.54. The molecule has 11 heavy (non-hydrogen) atoms. The first-order valence-electron chi connectivity index (χ1n) is 3.90. The molecule has 1 aromatic heterocycles. The van der Waals surface area contributed by atoms with Crippen LogP contribution < -0.4 is 5.73 Å². The van der Waals surface area contributed by atoms with E-state index in [9.17, 15) is 0 Å². The van der Waals surface area contributed by atoms with Gasteiger partial charge in [0.2, 0.25) is 0 Å². The average Bonchev–Trinajstić information content (AvgIpc) is 2.33. The smallest absolute Gasteiger partial charge is 0.0860 e. The van der Waals surface area contributed by atoms with Gasteiger partial charge in [0, 0.05) is 19.5 Å². The Bertz CT molecular complexity index is 265. The number of aromatic nitrogens is 3. The quantitative estimate of drug-likeness (QED) is 0.552. The summed E-state index contributed by atoms with van der Waals surface area (Å²) in [6.07, 6.45) is 2.97. The van der Waals surface area contributed by atoms with Crippen LogP contribution in [0.5, 0.6) is 0 Å². The average molecular weight is 152 g/mol. The van der Waals surface area contributed by atoms with Crippen molar-refractivity contribution in [3.8, 4) is 0 Å². The van der Waals surface area contributed by atoms with Crippen molar-refractivity contribution in [1.29, 1.82) is 0 Å². The summed E-state index contributed by atoms with van der Waals surface area (Å²) in [5.41, 5.74) is 8.15. The van der Waals surface area contributed by atoms with Crippen molar-refractivity contribution in [3.05, 3.63) is 11.4 Å². The third kappa shape index (κ3) is 1.03. The van der Waals surface area contributed by atoms with Crippen molar-refractivity contribution in [3.63, 3.8) is 0 Å². The molecule has 0 unspecified atom stereocenters. The zero-order chi connectivity index (χ0) is 7.84. The molecule has 2 N–H and O–H groups in total. The number of aryl methyl sites for hydroxylation is 2.